The van der Waals surface area contributed by atoms with Crippen LogP contribution in [0.1, 0.15) is 23.3 Å². The predicted octanol–water partition coefficient (Wildman–Crippen LogP) is 1.25. The Balaban J connectivity index is 1.79. The van der Waals surface area contributed by atoms with Crippen LogP contribution in [0.5, 0.6) is 5.75 Å². The van der Waals surface area contributed by atoms with E-state index < -0.39 is 0 Å². The molecular formula is C13H18N2O3. The monoisotopic (exact) mass is 250 g/mol. The zero-order valence-electron chi connectivity index (χ0n) is 10.5. The fraction of sp³-hybridized carbons (Fsp3) is 0.538. The second-order valence-corrected chi connectivity index (χ2v) is 4.36. The number of carbonyl (C=O) groups excluding carboxylic acids is 1. The number of methoxy groups -OCH3 is 1. The van der Waals surface area contributed by atoms with Crippen LogP contribution in [0.15, 0.2) is 18.3 Å². The van der Waals surface area contributed by atoms with Crippen molar-refractivity contribution in [1.82, 2.24) is 10.3 Å². The first-order valence-corrected chi connectivity index (χ1v) is 6.15. The molecule has 98 valence electrons. The van der Waals surface area contributed by atoms with Gasteiger partial charge in [-0.1, -0.05) is 0 Å². The first kappa shape index (κ1) is 12.8. The van der Waals surface area contributed by atoms with Gasteiger partial charge >= 0.3 is 0 Å². The number of pyridine rings is 1. The molecule has 1 amide bonds. The summed E-state index contributed by atoms with van der Waals surface area (Å²) in [5, 5.41) is 2.86. The lowest BCUT2D eigenvalue weighted by atomic mass is 10.1. The molecule has 18 heavy (non-hydrogen) atoms. The number of aromatic nitrogens is 1. The first-order valence-electron chi connectivity index (χ1n) is 6.15. The Morgan fingerprint density at radius 1 is 1.67 bits per heavy atom. The summed E-state index contributed by atoms with van der Waals surface area (Å²) in [7, 11) is 1.57. The molecule has 0 aromatic carbocycles. The summed E-state index contributed by atoms with van der Waals surface area (Å²) in [6.07, 6.45) is 3.61. The Labute approximate surface area is 107 Å². The number of hydrogen-bond donors (Lipinski definition) is 1. The van der Waals surface area contributed by atoms with Gasteiger partial charge in [0.15, 0.2) is 0 Å². The molecular weight excluding hydrogens is 232 g/mol. The zero-order valence-corrected chi connectivity index (χ0v) is 10.5. The highest BCUT2D eigenvalue weighted by molar-refractivity contribution is 5.92. The standard InChI is InChI=1S/C13H18N2O3/c1-17-11-3-6-14-12(8-11)13(16)15-5-2-10-4-7-18-9-10/h3,6,8,10H,2,4-5,7,9H2,1H3,(H,15,16)/t10-/m1/s1. The molecule has 1 atom stereocenters. The molecule has 0 radical (unpaired) electrons. The van der Waals surface area contributed by atoms with Crippen LogP contribution < -0.4 is 10.1 Å². The Morgan fingerprint density at radius 2 is 2.56 bits per heavy atom. The zero-order chi connectivity index (χ0) is 12.8. The number of hydrogen-bond acceptors (Lipinski definition) is 4. The van der Waals surface area contributed by atoms with Gasteiger partial charge in [0, 0.05) is 32.0 Å². The van der Waals surface area contributed by atoms with E-state index in [4.69, 9.17) is 9.47 Å². The topological polar surface area (TPSA) is 60.5 Å². The average molecular weight is 250 g/mol. The van der Waals surface area contributed by atoms with Gasteiger partial charge in [0.2, 0.25) is 0 Å². The van der Waals surface area contributed by atoms with Crippen LogP contribution in [-0.2, 0) is 4.74 Å². The molecule has 1 aliphatic heterocycles. The lowest BCUT2D eigenvalue weighted by Crippen LogP contribution is -2.26. The Hall–Kier alpha value is -1.62. The number of ether oxygens (including phenoxy) is 2. The van der Waals surface area contributed by atoms with Crippen molar-refractivity contribution in [2.24, 2.45) is 5.92 Å². The number of nitrogens with one attached hydrogen (secondary N) is 1. The fourth-order valence-electron chi connectivity index (χ4n) is 1.95. The van der Waals surface area contributed by atoms with Gasteiger partial charge in [-0.15, -0.1) is 0 Å². The van der Waals surface area contributed by atoms with Crippen LogP contribution in [-0.4, -0.2) is 37.8 Å². The van der Waals surface area contributed by atoms with Gasteiger partial charge in [0.05, 0.1) is 7.11 Å². The average Bonchev–Trinajstić information content (AvgIpc) is 2.92. The van der Waals surface area contributed by atoms with E-state index >= 15 is 0 Å². The van der Waals surface area contributed by atoms with Gasteiger partial charge in [0.25, 0.3) is 5.91 Å². The van der Waals surface area contributed by atoms with E-state index in [-0.39, 0.29) is 5.91 Å². The summed E-state index contributed by atoms with van der Waals surface area (Å²) in [5.41, 5.74) is 0.386. The van der Waals surface area contributed by atoms with Crippen molar-refractivity contribution >= 4 is 5.91 Å². The smallest absolute Gasteiger partial charge is 0.270 e. The fourth-order valence-corrected chi connectivity index (χ4v) is 1.95. The van der Waals surface area contributed by atoms with Crippen molar-refractivity contribution in [3.05, 3.63) is 24.0 Å². The SMILES string of the molecule is COc1ccnc(C(=O)NCC[C@@H]2CCOC2)c1. The van der Waals surface area contributed by atoms with Crippen LogP contribution in [0.4, 0.5) is 0 Å². The van der Waals surface area contributed by atoms with Gasteiger partial charge < -0.3 is 14.8 Å². The maximum Gasteiger partial charge on any atom is 0.270 e. The summed E-state index contributed by atoms with van der Waals surface area (Å²) < 4.78 is 10.3. The van der Waals surface area contributed by atoms with Gasteiger partial charge in [-0.25, -0.2) is 0 Å². The summed E-state index contributed by atoms with van der Waals surface area (Å²) in [6, 6.07) is 3.35. The Bertz CT molecular complexity index is 403. The maximum absolute atomic E-state index is 11.8. The van der Waals surface area contributed by atoms with E-state index in [9.17, 15) is 4.79 Å². The van der Waals surface area contributed by atoms with Crippen molar-refractivity contribution < 1.29 is 14.3 Å². The molecule has 0 saturated carbocycles. The van der Waals surface area contributed by atoms with E-state index in [0.29, 0.717) is 23.9 Å². The molecule has 1 saturated heterocycles. The highest BCUT2D eigenvalue weighted by atomic mass is 16.5. The molecule has 0 bridgehead atoms. The molecule has 1 N–H and O–H groups in total. The van der Waals surface area contributed by atoms with Crippen LogP contribution in [0.25, 0.3) is 0 Å². The Kier molecular flexibility index (Phi) is 4.52. The number of rotatable bonds is 5. The third-order valence-corrected chi connectivity index (χ3v) is 3.06. The normalized spacial score (nSPS) is 18.6. The number of amides is 1. The lowest BCUT2D eigenvalue weighted by Gasteiger charge is -2.08. The summed E-state index contributed by atoms with van der Waals surface area (Å²) in [4.78, 5) is 15.8. The van der Waals surface area contributed by atoms with Gasteiger partial charge in [-0.05, 0) is 24.8 Å². The third-order valence-electron chi connectivity index (χ3n) is 3.06. The molecule has 0 spiro atoms. The minimum atomic E-state index is -0.159. The highest BCUT2D eigenvalue weighted by Gasteiger charge is 2.15. The molecule has 2 rings (SSSR count). The van der Waals surface area contributed by atoms with Crippen LogP contribution in [0, 0.1) is 5.92 Å². The molecule has 1 aliphatic rings. The van der Waals surface area contributed by atoms with Gasteiger partial charge in [0.1, 0.15) is 11.4 Å². The molecule has 5 heteroatoms. The highest BCUT2D eigenvalue weighted by Crippen LogP contribution is 2.15. The van der Waals surface area contributed by atoms with Crippen molar-refractivity contribution in [2.75, 3.05) is 26.9 Å². The second kappa shape index (κ2) is 6.35. The van der Waals surface area contributed by atoms with Crippen molar-refractivity contribution in [2.45, 2.75) is 12.8 Å². The van der Waals surface area contributed by atoms with Crippen LogP contribution >= 0.6 is 0 Å². The Morgan fingerprint density at radius 3 is 3.28 bits per heavy atom. The summed E-state index contributed by atoms with van der Waals surface area (Å²) >= 11 is 0. The van der Waals surface area contributed by atoms with Gasteiger partial charge in [-0.3, -0.25) is 9.78 Å². The van der Waals surface area contributed by atoms with Crippen LogP contribution in [0.3, 0.4) is 0 Å². The minimum Gasteiger partial charge on any atom is -0.497 e. The van der Waals surface area contributed by atoms with Crippen molar-refractivity contribution in [1.29, 1.82) is 0 Å². The van der Waals surface area contributed by atoms with E-state index in [1.807, 2.05) is 0 Å². The van der Waals surface area contributed by atoms with Crippen molar-refractivity contribution in [3.8, 4) is 5.75 Å². The van der Waals surface area contributed by atoms with E-state index in [2.05, 4.69) is 10.3 Å². The first-order chi connectivity index (χ1) is 8.79. The quantitative estimate of drug-likeness (QED) is 0.854. The van der Waals surface area contributed by atoms with E-state index in [0.717, 1.165) is 26.1 Å². The lowest BCUT2D eigenvalue weighted by molar-refractivity contribution is 0.0945. The summed E-state index contributed by atoms with van der Waals surface area (Å²) in [5.74, 6) is 1.05. The molecule has 0 aliphatic carbocycles. The molecule has 0 unspecified atom stereocenters. The molecule has 1 aromatic rings. The summed E-state index contributed by atoms with van der Waals surface area (Å²) in [6.45, 7) is 2.31. The predicted molar refractivity (Wildman–Crippen MR) is 66.7 cm³/mol. The van der Waals surface area contributed by atoms with E-state index in [1.54, 1.807) is 25.4 Å². The third kappa shape index (κ3) is 3.43. The molecule has 1 fully saturated rings. The van der Waals surface area contributed by atoms with Crippen LogP contribution in [0.2, 0.25) is 0 Å². The molecule has 2 heterocycles. The molecule has 1 aromatic heterocycles. The number of nitrogens with zero attached hydrogens (tertiary/aromatic N) is 1. The van der Waals surface area contributed by atoms with Crippen molar-refractivity contribution in [3.63, 3.8) is 0 Å². The molecule has 5 nitrogen and oxygen atoms in total. The minimum absolute atomic E-state index is 0.159. The second-order valence-electron chi connectivity index (χ2n) is 4.36. The number of carbonyl (C=O) groups is 1. The largest absolute Gasteiger partial charge is 0.497 e. The maximum atomic E-state index is 11.8. The van der Waals surface area contributed by atoms with Gasteiger partial charge in [-0.2, -0.15) is 0 Å². The van der Waals surface area contributed by atoms with E-state index in [1.165, 1.54) is 0 Å².